The number of ketones is 2. The van der Waals surface area contributed by atoms with Gasteiger partial charge in [0.15, 0.2) is 11.6 Å². The second-order valence-corrected chi connectivity index (χ2v) is 6.83. The maximum atomic E-state index is 13.2. The first-order valence-corrected chi connectivity index (χ1v) is 8.70. The minimum atomic E-state index is -0.259. The zero-order valence-electron chi connectivity index (χ0n) is 14.5. The normalized spacial score (nSPS) is 10.8. The number of Topliss-reactive ketones (excluding diaryl/α,β-unsaturated/α-hetero) is 1. The van der Waals surface area contributed by atoms with Crippen LogP contribution in [0.1, 0.15) is 38.9 Å². The summed E-state index contributed by atoms with van der Waals surface area (Å²) in [5.74, 6) is -0.340. The Balaban J connectivity index is 2.25. The van der Waals surface area contributed by atoms with Gasteiger partial charge in [0.25, 0.3) is 0 Å². The standard InChI is InChI=1S/C20H16Cl2N2O2/c1-11-18(20(26)16-9-8-13(21)10-17(16)22)19(24(3)23-11)15-7-5-4-6-14(15)12(2)25/h4-10H,1-3H3. The van der Waals surface area contributed by atoms with Crippen LogP contribution in [-0.2, 0) is 7.05 Å². The maximum absolute atomic E-state index is 13.2. The van der Waals surface area contributed by atoms with Crippen LogP contribution in [0.4, 0.5) is 0 Å². The van der Waals surface area contributed by atoms with E-state index in [0.717, 1.165) is 0 Å². The lowest BCUT2D eigenvalue weighted by molar-refractivity contribution is 0.101. The van der Waals surface area contributed by atoms with Crippen molar-refractivity contribution in [2.75, 3.05) is 0 Å². The molecule has 6 heteroatoms. The molecule has 0 radical (unpaired) electrons. The summed E-state index contributed by atoms with van der Waals surface area (Å²) < 4.78 is 1.62. The number of halogens is 2. The first-order chi connectivity index (χ1) is 12.3. The highest BCUT2D eigenvalue weighted by molar-refractivity contribution is 6.37. The van der Waals surface area contributed by atoms with Crippen molar-refractivity contribution in [3.8, 4) is 11.3 Å². The zero-order chi connectivity index (χ0) is 19.0. The van der Waals surface area contributed by atoms with Crippen LogP contribution in [0.25, 0.3) is 11.3 Å². The third-order valence-corrected chi connectivity index (χ3v) is 4.73. The van der Waals surface area contributed by atoms with Crippen molar-refractivity contribution in [1.29, 1.82) is 0 Å². The number of nitrogens with zero attached hydrogens (tertiary/aromatic N) is 2. The smallest absolute Gasteiger partial charge is 0.198 e. The van der Waals surface area contributed by atoms with Gasteiger partial charge in [-0.2, -0.15) is 5.10 Å². The molecule has 4 nitrogen and oxygen atoms in total. The van der Waals surface area contributed by atoms with Crippen LogP contribution in [0, 0.1) is 6.92 Å². The van der Waals surface area contributed by atoms with Crippen LogP contribution in [0.5, 0.6) is 0 Å². The van der Waals surface area contributed by atoms with Crippen LogP contribution in [0.3, 0.4) is 0 Å². The van der Waals surface area contributed by atoms with E-state index in [0.29, 0.717) is 38.7 Å². The fourth-order valence-electron chi connectivity index (χ4n) is 3.04. The molecule has 0 fully saturated rings. The molecule has 3 rings (SSSR count). The van der Waals surface area contributed by atoms with E-state index >= 15 is 0 Å². The first-order valence-electron chi connectivity index (χ1n) is 7.95. The molecule has 2 aromatic carbocycles. The monoisotopic (exact) mass is 386 g/mol. The van der Waals surface area contributed by atoms with Crippen LogP contribution in [0.15, 0.2) is 42.5 Å². The van der Waals surface area contributed by atoms with Gasteiger partial charge in [0.1, 0.15) is 0 Å². The second-order valence-electron chi connectivity index (χ2n) is 5.99. The highest BCUT2D eigenvalue weighted by Crippen LogP contribution is 2.32. The molecular formula is C20H16Cl2N2O2. The van der Waals surface area contributed by atoms with Gasteiger partial charge >= 0.3 is 0 Å². The molecule has 0 aliphatic carbocycles. The van der Waals surface area contributed by atoms with E-state index in [1.807, 2.05) is 12.1 Å². The average molecular weight is 387 g/mol. The summed E-state index contributed by atoms with van der Waals surface area (Å²) in [5.41, 5.74) is 3.11. The fraction of sp³-hybridized carbons (Fsp3) is 0.150. The summed E-state index contributed by atoms with van der Waals surface area (Å²) in [6.07, 6.45) is 0. The van der Waals surface area contributed by atoms with Crippen molar-refractivity contribution in [2.45, 2.75) is 13.8 Å². The zero-order valence-corrected chi connectivity index (χ0v) is 16.0. The molecule has 1 heterocycles. The maximum Gasteiger partial charge on any atom is 0.198 e. The highest BCUT2D eigenvalue weighted by atomic mass is 35.5. The number of carbonyl (C=O) groups is 2. The van der Waals surface area contributed by atoms with Crippen LogP contribution in [-0.4, -0.2) is 21.3 Å². The highest BCUT2D eigenvalue weighted by Gasteiger charge is 2.26. The molecule has 26 heavy (non-hydrogen) atoms. The Kier molecular flexibility index (Phi) is 4.99. The Morgan fingerprint density at radius 3 is 2.38 bits per heavy atom. The van der Waals surface area contributed by atoms with Crippen molar-refractivity contribution in [3.05, 3.63) is 74.9 Å². The molecule has 0 N–H and O–H groups in total. The average Bonchev–Trinajstić information content (AvgIpc) is 2.88. The SMILES string of the molecule is CC(=O)c1ccccc1-c1c(C(=O)c2ccc(Cl)cc2Cl)c(C)nn1C. The van der Waals surface area contributed by atoms with Gasteiger partial charge in [0.05, 0.1) is 22.0 Å². The topological polar surface area (TPSA) is 52.0 Å². The van der Waals surface area contributed by atoms with Gasteiger partial charge in [-0.15, -0.1) is 0 Å². The number of benzene rings is 2. The Labute approximate surface area is 161 Å². The lowest BCUT2D eigenvalue weighted by atomic mass is 9.94. The van der Waals surface area contributed by atoms with Crippen LogP contribution >= 0.6 is 23.2 Å². The van der Waals surface area contributed by atoms with Gasteiger partial charge in [-0.05, 0) is 32.0 Å². The predicted octanol–water partition coefficient (Wildman–Crippen LogP) is 5.14. The summed E-state index contributed by atoms with van der Waals surface area (Å²) in [5, 5.41) is 5.13. The summed E-state index contributed by atoms with van der Waals surface area (Å²) in [6, 6.07) is 11.9. The third kappa shape index (κ3) is 3.18. The fourth-order valence-corrected chi connectivity index (χ4v) is 3.54. The molecular weight excluding hydrogens is 371 g/mol. The van der Waals surface area contributed by atoms with Crippen molar-refractivity contribution in [3.63, 3.8) is 0 Å². The summed E-state index contributed by atoms with van der Waals surface area (Å²) in [6.45, 7) is 3.26. The van der Waals surface area contributed by atoms with Crippen molar-refractivity contribution in [2.24, 2.45) is 7.05 Å². The molecule has 0 saturated carbocycles. The quantitative estimate of drug-likeness (QED) is 0.583. The summed E-state index contributed by atoms with van der Waals surface area (Å²) in [4.78, 5) is 25.3. The van der Waals surface area contributed by atoms with Crippen LogP contribution < -0.4 is 0 Å². The lowest BCUT2D eigenvalue weighted by Crippen LogP contribution is -2.07. The Hall–Kier alpha value is -2.43. The molecule has 0 unspecified atom stereocenters. The van der Waals surface area contributed by atoms with Gasteiger partial charge in [-0.1, -0.05) is 47.5 Å². The number of aromatic nitrogens is 2. The van der Waals surface area contributed by atoms with Gasteiger partial charge in [-0.25, -0.2) is 0 Å². The summed E-state index contributed by atoms with van der Waals surface area (Å²) in [7, 11) is 1.75. The number of hydrogen-bond donors (Lipinski definition) is 0. The third-order valence-electron chi connectivity index (χ3n) is 4.19. The number of carbonyl (C=O) groups excluding carboxylic acids is 2. The van der Waals surface area contributed by atoms with E-state index in [9.17, 15) is 9.59 Å². The summed E-state index contributed by atoms with van der Waals surface area (Å²) >= 11 is 12.2. The van der Waals surface area contributed by atoms with E-state index in [1.54, 1.807) is 42.9 Å². The Morgan fingerprint density at radius 2 is 1.73 bits per heavy atom. The molecule has 0 aliphatic heterocycles. The molecule has 0 amide bonds. The lowest BCUT2D eigenvalue weighted by Gasteiger charge is -2.11. The molecule has 132 valence electrons. The van der Waals surface area contributed by atoms with Crippen molar-refractivity contribution < 1.29 is 9.59 Å². The van der Waals surface area contributed by atoms with E-state index < -0.39 is 0 Å². The predicted molar refractivity (Wildman–Crippen MR) is 103 cm³/mol. The van der Waals surface area contributed by atoms with Gasteiger partial charge < -0.3 is 0 Å². The van der Waals surface area contributed by atoms with E-state index in [2.05, 4.69) is 5.10 Å². The van der Waals surface area contributed by atoms with Crippen LogP contribution in [0.2, 0.25) is 10.0 Å². The van der Waals surface area contributed by atoms with E-state index in [1.165, 1.54) is 13.0 Å². The molecule has 3 aromatic rings. The van der Waals surface area contributed by atoms with E-state index in [-0.39, 0.29) is 16.6 Å². The molecule has 0 aliphatic rings. The number of rotatable bonds is 4. The van der Waals surface area contributed by atoms with Crippen molar-refractivity contribution in [1.82, 2.24) is 9.78 Å². The first kappa shape index (κ1) is 18.4. The molecule has 1 aromatic heterocycles. The van der Waals surface area contributed by atoms with Gasteiger partial charge in [0, 0.05) is 28.8 Å². The van der Waals surface area contributed by atoms with Gasteiger partial charge in [0.2, 0.25) is 0 Å². The van der Waals surface area contributed by atoms with Crippen molar-refractivity contribution >= 4 is 34.8 Å². The second kappa shape index (κ2) is 7.06. The number of aryl methyl sites for hydroxylation is 2. The minimum absolute atomic E-state index is 0.0811. The van der Waals surface area contributed by atoms with E-state index in [4.69, 9.17) is 23.2 Å². The molecule has 0 spiro atoms. The Bertz CT molecular complexity index is 1040. The molecule has 0 bridgehead atoms. The molecule has 0 saturated heterocycles. The minimum Gasteiger partial charge on any atom is -0.294 e. The number of hydrogen-bond acceptors (Lipinski definition) is 3. The Morgan fingerprint density at radius 1 is 1.04 bits per heavy atom. The van der Waals surface area contributed by atoms with Gasteiger partial charge in [-0.3, -0.25) is 14.3 Å². The molecule has 0 atom stereocenters. The largest absolute Gasteiger partial charge is 0.294 e.